The Kier molecular flexibility index (Phi) is 3.62. The molecule has 0 aliphatic carbocycles. The van der Waals surface area contributed by atoms with E-state index in [0.29, 0.717) is 0 Å². The third-order valence-corrected chi connectivity index (χ3v) is 3.69. The van der Waals surface area contributed by atoms with Crippen molar-refractivity contribution in [2.75, 3.05) is 0 Å². The molecule has 1 fully saturated rings. The van der Waals surface area contributed by atoms with Crippen LogP contribution in [0.3, 0.4) is 0 Å². The zero-order chi connectivity index (χ0) is 14.3. The lowest BCUT2D eigenvalue weighted by Crippen LogP contribution is -2.41. The van der Waals surface area contributed by atoms with E-state index >= 15 is 0 Å². The fourth-order valence-electron chi connectivity index (χ4n) is 1.91. The third-order valence-electron chi connectivity index (χ3n) is 3.69. The predicted octanol–water partition coefficient (Wildman–Crippen LogP) is 2.17. The van der Waals surface area contributed by atoms with Gasteiger partial charge in [-0.25, -0.2) is 0 Å². The molecule has 1 aliphatic rings. The van der Waals surface area contributed by atoms with Crippen molar-refractivity contribution in [1.82, 2.24) is 4.98 Å². The highest BCUT2D eigenvalue weighted by Crippen LogP contribution is 2.37. The standard InChI is InChI=1S/C14H22BNO3/c1-10(2)17-12-9-16-8-7-11(12)15-18-13(3,4)14(5,6)19-15/h7-10H,1-6H3. The predicted molar refractivity (Wildman–Crippen MR) is 75.7 cm³/mol. The van der Waals surface area contributed by atoms with Crippen LogP contribution in [0.5, 0.6) is 5.75 Å². The first-order valence-electron chi connectivity index (χ1n) is 6.69. The minimum absolute atomic E-state index is 0.0883. The van der Waals surface area contributed by atoms with Crippen LogP contribution in [-0.4, -0.2) is 29.4 Å². The van der Waals surface area contributed by atoms with Crippen molar-refractivity contribution in [2.24, 2.45) is 0 Å². The van der Waals surface area contributed by atoms with E-state index in [2.05, 4.69) is 4.98 Å². The van der Waals surface area contributed by atoms with Gasteiger partial charge in [0.15, 0.2) is 0 Å². The van der Waals surface area contributed by atoms with Crippen molar-refractivity contribution < 1.29 is 14.0 Å². The summed E-state index contributed by atoms with van der Waals surface area (Å²) in [4.78, 5) is 4.11. The van der Waals surface area contributed by atoms with Crippen molar-refractivity contribution in [1.29, 1.82) is 0 Å². The number of aromatic nitrogens is 1. The average molecular weight is 263 g/mol. The van der Waals surface area contributed by atoms with Gasteiger partial charge >= 0.3 is 7.12 Å². The van der Waals surface area contributed by atoms with E-state index in [-0.39, 0.29) is 17.3 Å². The van der Waals surface area contributed by atoms with E-state index < -0.39 is 7.12 Å². The first kappa shape index (κ1) is 14.3. The first-order chi connectivity index (χ1) is 8.73. The molecule has 0 unspecified atom stereocenters. The summed E-state index contributed by atoms with van der Waals surface area (Å²) in [5, 5.41) is 0. The monoisotopic (exact) mass is 263 g/mol. The molecule has 2 rings (SSSR count). The summed E-state index contributed by atoms with van der Waals surface area (Å²) in [6.45, 7) is 12.1. The fourth-order valence-corrected chi connectivity index (χ4v) is 1.91. The molecule has 4 nitrogen and oxygen atoms in total. The summed E-state index contributed by atoms with van der Waals surface area (Å²) in [5.74, 6) is 0.719. The van der Waals surface area contributed by atoms with Gasteiger partial charge in [0.1, 0.15) is 5.75 Å². The highest BCUT2D eigenvalue weighted by molar-refractivity contribution is 6.63. The molecule has 5 heteroatoms. The summed E-state index contributed by atoms with van der Waals surface area (Å²) in [6.07, 6.45) is 3.53. The number of hydrogen-bond acceptors (Lipinski definition) is 4. The second-order valence-electron chi connectivity index (χ2n) is 6.17. The third kappa shape index (κ3) is 2.77. The summed E-state index contributed by atoms with van der Waals surface area (Å²) in [7, 11) is -0.415. The summed E-state index contributed by atoms with van der Waals surface area (Å²) >= 11 is 0. The van der Waals surface area contributed by atoms with Crippen molar-refractivity contribution in [2.45, 2.75) is 58.8 Å². The fraction of sp³-hybridized carbons (Fsp3) is 0.643. The summed E-state index contributed by atoms with van der Waals surface area (Å²) in [6, 6.07) is 1.89. The summed E-state index contributed by atoms with van der Waals surface area (Å²) in [5.41, 5.74) is 0.189. The van der Waals surface area contributed by atoms with Crippen molar-refractivity contribution in [3.8, 4) is 5.75 Å². The highest BCUT2D eigenvalue weighted by Gasteiger charge is 2.52. The van der Waals surface area contributed by atoms with E-state index in [9.17, 15) is 0 Å². The topological polar surface area (TPSA) is 40.6 Å². The Hall–Kier alpha value is -1.07. The molecule has 0 bridgehead atoms. The molecule has 0 saturated carbocycles. The van der Waals surface area contributed by atoms with Crippen LogP contribution in [0.15, 0.2) is 18.5 Å². The van der Waals surface area contributed by atoms with E-state index in [4.69, 9.17) is 14.0 Å². The zero-order valence-electron chi connectivity index (χ0n) is 12.6. The molecule has 0 atom stereocenters. The lowest BCUT2D eigenvalue weighted by atomic mass is 9.79. The minimum atomic E-state index is -0.415. The first-order valence-corrected chi connectivity index (χ1v) is 6.69. The number of rotatable bonds is 3. The molecule has 0 N–H and O–H groups in total. The molecular weight excluding hydrogens is 241 g/mol. The van der Waals surface area contributed by atoms with Crippen LogP contribution in [0.25, 0.3) is 0 Å². The molecular formula is C14H22BNO3. The van der Waals surface area contributed by atoms with Crippen LogP contribution < -0.4 is 10.2 Å². The van der Waals surface area contributed by atoms with Gasteiger partial charge in [0, 0.05) is 11.7 Å². The zero-order valence-corrected chi connectivity index (χ0v) is 12.6. The van der Waals surface area contributed by atoms with Crippen LogP contribution in [0.2, 0.25) is 0 Å². The molecule has 104 valence electrons. The Balaban J connectivity index is 2.29. The van der Waals surface area contributed by atoms with Crippen LogP contribution in [0, 0.1) is 0 Å². The normalized spacial score (nSPS) is 20.9. The quantitative estimate of drug-likeness (QED) is 0.783. The Labute approximate surface area is 115 Å². The Morgan fingerprint density at radius 2 is 1.74 bits per heavy atom. The van der Waals surface area contributed by atoms with Gasteiger partial charge in [-0.2, -0.15) is 0 Å². The summed E-state index contributed by atoms with van der Waals surface area (Å²) < 4.78 is 17.9. The van der Waals surface area contributed by atoms with Crippen molar-refractivity contribution in [3.63, 3.8) is 0 Å². The molecule has 1 aromatic heterocycles. The van der Waals surface area contributed by atoms with Crippen molar-refractivity contribution >= 4 is 12.6 Å². The van der Waals surface area contributed by atoms with Gasteiger partial charge in [-0.05, 0) is 47.6 Å². The van der Waals surface area contributed by atoms with Crippen LogP contribution in [-0.2, 0) is 9.31 Å². The van der Waals surface area contributed by atoms with Gasteiger partial charge in [0.05, 0.1) is 23.5 Å². The maximum Gasteiger partial charge on any atom is 0.498 e. The van der Waals surface area contributed by atoms with Gasteiger partial charge in [0.25, 0.3) is 0 Å². The van der Waals surface area contributed by atoms with E-state index in [1.807, 2.05) is 47.6 Å². The number of hydrogen-bond donors (Lipinski definition) is 0. The SMILES string of the molecule is CC(C)Oc1cnccc1B1OC(C)(C)C(C)(C)O1. The molecule has 19 heavy (non-hydrogen) atoms. The van der Waals surface area contributed by atoms with E-state index in [1.54, 1.807) is 12.4 Å². The van der Waals surface area contributed by atoms with Crippen LogP contribution >= 0.6 is 0 Å². The van der Waals surface area contributed by atoms with Crippen LogP contribution in [0.1, 0.15) is 41.5 Å². The molecule has 1 aromatic rings. The maximum absolute atomic E-state index is 6.04. The Morgan fingerprint density at radius 1 is 1.16 bits per heavy atom. The molecule has 2 heterocycles. The van der Waals surface area contributed by atoms with Gasteiger partial charge < -0.3 is 14.0 Å². The van der Waals surface area contributed by atoms with E-state index in [0.717, 1.165) is 11.2 Å². The molecule has 1 aliphatic heterocycles. The van der Waals surface area contributed by atoms with Gasteiger partial charge in [-0.15, -0.1) is 0 Å². The molecule has 0 radical (unpaired) electrons. The lowest BCUT2D eigenvalue weighted by molar-refractivity contribution is 0.00578. The second-order valence-corrected chi connectivity index (χ2v) is 6.17. The minimum Gasteiger partial charge on any atom is -0.490 e. The molecule has 0 amide bonds. The highest BCUT2D eigenvalue weighted by atomic mass is 16.7. The maximum atomic E-state index is 6.04. The number of pyridine rings is 1. The average Bonchev–Trinajstić information content (AvgIpc) is 2.48. The molecule has 0 aromatic carbocycles. The lowest BCUT2D eigenvalue weighted by Gasteiger charge is -2.32. The molecule has 0 spiro atoms. The number of ether oxygens (including phenoxy) is 1. The van der Waals surface area contributed by atoms with Gasteiger partial charge in [-0.1, -0.05) is 0 Å². The van der Waals surface area contributed by atoms with Gasteiger partial charge in [0.2, 0.25) is 0 Å². The van der Waals surface area contributed by atoms with Crippen LogP contribution in [0.4, 0.5) is 0 Å². The number of nitrogens with zero attached hydrogens (tertiary/aromatic N) is 1. The molecule has 1 saturated heterocycles. The van der Waals surface area contributed by atoms with E-state index in [1.165, 1.54) is 0 Å². The largest absolute Gasteiger partial charge is 0.498 e. The van der Waals surface area contributed by atoms with Gasteiger partial charge in [-0.3, -0.25) is 4.98 Å². The Bertz CT molecular complexity index is 444. The van der Waals surface area contributed by atoms with Crippen molar-refractivity contribution in [3.05, 3.63) is 18.5 Å². The second kappa shape index (κ2) is 4.80. The Morgan fingerprint density at radius 3 is 2.26 bits per heavy atom. The smallest absolute Gasteiger partial charge is 0.490 e.